The first-order valence-corrected chi connectivity index (χ1v) is 20.4. The second kappa shape index (κ2) is 12.8. The van der Waals surface area contributed by atoms with Crippen molar-refractivity contribution in [2.75, 3.05) is 0 Å². The molecular weight excluding hydrogens is 717 g/mol. The van der Waals surface area contributed by atoms with Crippen LogP contribution in [0, 0.1) is 0 Å². The van der Waals surface area contributed by atoms with Crippen LogP contribution in [0.2, 0.25) is 0 Å². The molecule has 59 heavy (non-hydrogen) atoms. The van der Waals surface area contributed by atoms with Gasteiger partial charge < -0.3 is 4.57 Å². The summed E-state index contributed by atoms with van der Waals surface area (Å²) in [5, 5.41) is 2.53. The van der Waals surface area contributed by atoms with Crippen LogP contribution in [0.1, 0.15) is 36.1 Å². The topological polar surface area (TPSA) is 43.6 Å². The summed E-state index contributed by atoms with van der Waals surface area (Å²) in [6, 6.07) is 65.5. The number of fused-ring (bicyclic) bond motifs is 9. The molecule has 2 aliphatic rings. The molecular formula is C55H38N4. The highest BCUT2D eigenvalue weighted by Gasteiger charge is 2.36. The third-order valence-electron chi connectivity index (χ3n) is 12.7. The van der Waals surface area contributed by atoms with Crippen LogP contribution in [0.3, 0.4) is 0 Å². The minimum atomic E-state index is -0.0881. The van der Waals surface area contributed by atoms with Crippen LogP contribution >= 0.6 is 0 Å². The molecule has 0 N–H and O–H groups in total. The Balaban J connectivity index is 1.02. The third-order valence-corrected chi connectivity index (χ3v) is 12.7. The highest BCUT2D eigenvalue weighted by atomic mass is 15.0. The van der Waals surface area contributed by atoms with Crippen molar-refractivity contribution in [2.45, 2.75) is 25.7 Å². The molecule has 0 atom stereocenters. The summed E-state index contributed by atoms with van der Waals surface area (Å²) in [6.07, 6.45) is 0.785. The molecule has 4 heteroatoms. The standard InChI is InChI=1S/C55H38N4/c1-55(2)48-27-13-12-22-41(48)45-32-47-46-30-36(28-29-50(46)59(51(47)33-49(45)55)37-20-10-5-11-21-37)38-23-14-24-39-40-25-15-26-42(44(40)31-43(38)39)54-57-52(34-16-6-3-7-17-34)56-53(58-54)35-18-8-4-9-19-35/h3-30,32-33H,31H2,1-2H3. The molecule has 8 aromatic carbocycles. The number of nitrogens with zero attached hydrogens (tertiary/aromatic N) is 4. The molecule has 278 valence electrons. The van der Waals surface area contributed by atoms with Gasteiger partial charge in [0, 0.05) is 45.0 Å². The Kier molecular flexibility index (Phi) is 7.30. The van der Waals surface area contributed by atoms with Gasteiger partial charge in [-0.15, -0.1) is 0 Å². The van der Waals surface area contributed by atoms with Crippen molar-refractivity contribution in [3.05, 3.63) is 204 Å². The van der Waals surface area contributed by atoms with E-state index in [0.717, 1.165) is 23.1 Å². The van der Waals surface area contributed by atoms with E-state index < -0.39 is 0 Å². The van der Waals surface area contributed by atoms with Gasteiger partial charge in [0.05, 0.1) is 11.0 Å². The lowest BCUT2D eigenvalue weighted by Crippen LogP contribution is -2.14. The normalized spacial score (nSPS) is 13.3. The van der Waals surface area contributed by atoms with E-state index >= 15 is 0 Å². The summed E-state index contributed by atoms with van der Waals surface area (Å²) in [6.45, 7) is 4.73. The van der Waals surface area contributed by atoms with Crippen molar-refractivity contribution in [1.29, 1.82) is 0 Å². The lowest BCUT2D eigenvalue weighted by atomic mass is 9.82. The second-order valence-corrected chi connectivity index (χ2v) is 16.4. The highest BCUT2D eigenvalue weighted by molar-refractivity contribution is 6.13. The van der Waals surface area contributed by atoms with Gasteiger partial charge in [0.1, 0.15) is 0 Å². The fourth-order valence-corrected chi connectivity index (χ4v) is 9.88. The Bertz CT molecular complexity index is 3250. The first kappa shape index (κ1) is 33.7. The number of benzene rings is 8. The van der Waals surface area contributed by atoms with Gasteiger partial charge in [0.15, 0.2) is 17.5 Å². The van der Waals surface area contributed by atoms with Gasteiger partial charge in [-0.1, -0.05) is 159 Å². The maximum absolute atomic E-state index is 5.13. The van der Waals surface area contributed by atoms with Crippen molar-refractivity contribution < 1.29 is 0 Å². The zero-order chi connectivity index (χ0) is 39.2. The van der Waals surface area contributed by atoms with E-state index in [1.807, 2.05) is 36.4 Å². The number of rotatable bonds is 5. The molecule has 12 rings (SSSR count). The number of hydrogen-bond donors (Lipinski definition) is 0. The molecule has 10 aromatic rings. The van der Waals surface area contributed by atoms with Crippen LogP contribution in [0.25, 0.3) is 95.0 Å². The zero-order valence-electron chi connectivity index (χ0n) is 32.8. The predicted molar refractivity (Wildman–Crippen MR) is 242 cm³/mol. The van der Waals surface area contributed by atoms with Gasteiger partial charge in [-0.05, 0) is 92.0 Å². The molecule has 0 fully saturated rings. The molecule has 2 aromatic heterocycles. The highest BCUT2D eigenvalue weighted by Crippen LogP contribution is 2.52. The van der Waals surface area contributed by atoms with E-state index in [-0.39, 0.29) is 5.41 Å². The summed E-state index contributed by atoms with van der Waals surface area (Å²) < 4.78 is 2.45. The van der Waals surface area contributed by atoms with Gasteiger partial charge in [0.25, 0.3) is 0 Å². The van der Waals surface area contributed by atoms with Crippen molar-refractivity contribution in [2.24, 2.45) is 0 Å². The monoisotopic (exact) mass is 754 g/mol. The molecule has 0 spiro atoms. The fraction of sp³-hybridized carbons (Fsp3) is 0.0727. The molecule has 0 aliphatic heterocycles. The smallest absolute Gasteiger partial charge is 0.164 e. The molecule has 4 nitrogen and oxygen atoms in total. The van der Waals surface area contributed by atoms with E-state index in [1.165, 1.54) is 83.1 Å². The molecule has 0 amide bonds. The van der Waals surface area contributed by atoms with Crippen LogP contribution in [-0.2, 0) is 11.8 Å². The van der Waals surface area contributed by atoms with Crippen molar-refractivity contribution in [1.82, 2.24) is 19.5 Å². The van der Waals surface area contributed by atoms with Gasteiger partial charge in [-0.2, -0.15) is 0 Å². The van der Waals surface area contributed by atoms with Crippen LogP contribution in [0.15, 0.2) is 182 Å². The first-order chi connectivity index (χ1) is 29.0. The van der Waals surface area contributed by atoms with Crippen LogP contribution < -0.4 is 0 Å². The largest absolute Gasteiger partial charge is 0.309 e. The first-order valence-electron chi connectivity index (χ1n) is 20.4. The van der Waals surface area contributed by atoms with Crippen molar-refractivity contribution >= 4 is 21.8 Å². The van der Waals surface area contributed by atoms with Gasteiger partial charge in [0.2, 0.25) is 0 Å². The Morgan fingerprint density at radius 3 is 1.63 bits per heavy atom. The van der Waals surface area contributed by atoms with Crippen LogP contribution in [-0.4, -0.2) is 19.5 Å². The van der Waals surface area contributed by atoms with E-state index in [9.17, 15) is 0 Å². The van der Waals surface area contributed by atoms with Gasteiger partial charge in [-0.3, -0.25) is 0 Å². The summed E-state index contributed by atoms with van der Waals surface area (Å²) >= 11 is 0. The molecule has 0 unspecified atom stereocenters. The SMILES string of the molecule is CC1(C)c2ccccc2-c2cc3c4cc(-c5cccc6c5Cc5c(-c7nc(-c8ccccc8)nc(-c8ccccc8)n7)cccc5-6)ccc4n(-c4ccccc4)c3cc21. The summed E-state index contributed by atoms with van der Waals surface area (Å²) in [5.41, 5.74) is 19.5. The average Bonchev–Trinajstić information content (AvgIpc) is 3.91. The minimum Gasteiger partial charge on any atom is -0.309 e. The van der Waals surface area contributed by atoms with E-state index in [0.29, 0.717) is 17.5 Å². The molecule has 0 saturated heterocycles. The van der Waals surface area contributed by atoms with Crippen molar-refractivity contribution in [3.63, 3.8) is 0 Å². The summed E-state index contributed by atoms with van der Waals surface area (Å²) in [5.74, 6) is 2.03. The Morgan fingerprint density at radius 2 is 0.932 bits per heavy atom. The zero-order valence-corrected chi connectivity index (χ0v) is 32.8. The molecule has 2 heterocycles. The van der Waals surface area contributed by atoms with Gasteiger partial charge >= 0.3 is 0 Å². The fourth-order valence-electron chi connectivity index (χ4n) is 9.88. The number of aromatic nitrogens is 4. The Morgan fingerprint density at radius 1 is 0.390 bits per heavy atom. The molecule has 0 bridgehead atoms. The summed E-state index contributed by atoms with van der Waals surface area (Å²) in [4.78, 5) is 15.2. The second-order valence-electron chi connectivity index (χ2n) is 16.4. The maximum atomic E-state index is 5.13. The summed E-state index contributed by atoms with van der Waals surface area (Å²) in [7, 11) is 0. The predicted octanol–water partition coefficient (Wildman–Crippen LogP) is 13.5. The number of para-hydroxylation sites is 1. The molecule has 0 saturated carbocycles. The molecule has 2 aliphatic carbocycles. The number of hydrogen-bond acceptors (Lipinski definition) is 3. The maximum Gasteiger partial charge on any atom is 0.164 e. The van der Waals surface area contributed by atoms with E-state index in [4.69, 9.17) is 15.0 Å². The van der Waals surface area contributed by atoms with Crippen LogP contribution in [0.4, 0.5) is 0 Å². The quantitative estimate of drug-likeness (QED) is 0.176. The van der Waals surface area contributed by atoms with Crippen LogP contribution in [0.5, 0.6) is 0 Å². The lowest BCUT2D eigenvalue weighted by molar-refractivity contribution is 0.661. The Labute approximate surface area is 343 Å². The lowest BCUT2D eigenvalue weighted by Gasteiger charge is -2.21. The molecule has 0 radical (unpaired) electrons. The minimum absolute atomic E-state index is 0.0881. The van der Waals surface area contributed by atoms with Crippen molar-refractivity contribution in [3.8, 4) is 73.2 Å². The Hall–Kier alpha value is -7.43. The third kappa shape index (κ3) is 5.12. The van der Waals surface area contributed by atoms with E-state index in [1.54, 1.807) is 0 Å². The van der Waals surface area contributed by atoms with E-state index in [2.05, 4.69) is 164 Å². The average molecular weight is 755 g/mol. The van der Waals surface area contributed by atoms with Gasteiger partial charge in [-0.25, -0.2) is 15.0 Å².